The number of hydrogen-bond acceptors (Lipinski definition) is 13. The predicted octanol–water partition coefficient (Wildman–Crippen LogP) is 7.36. The van der Waals surface area contributed by atoms with Crippen LogP contribution in [0.1, 0.15) is 27.7 Å². The van der Waals surface area contributed by atoms with E-state index in [-0.39, 0.29) is 34.4 Å². The molecule has 56 heavy (non-hydrogen) atoms. The summed E-state index contributed by atoms with van der Waals surface area (Å²) in [4.78, 5) is 40.8. The molecule has 1 saturated heterocycles. The van der Waals surface area contributed by atoms with Gasteiger partial charge >= 0.3 is 7.12 Å². The molecule has 1 aliphatic heterocycles. The van der Waals surface area contributed by atoms with Crippen LogP contribution in [0.25, 0.3) is 33.8 Å². The molecule has 2 aromatic carbocycles. The van der Waals surface area contributed by atoms with E-state index in [2.05, 4.69) is 40.8 Å². The van der Waals surface area contributed by atoms with Gasteiger partial charge in [0.05, 0.1) is 39.1 Å². The lowest BCUT2D eigenvalue weighted by atomic mass is 9.80. The smallest absolute Gasteiger partial charge is 0.399 e. The standard InChI is InChI=1S/C15H10FN5O2.C11H15BFNO2.C11H8BrN3O2/c16-11-4-10(7-18-8-11)9-5-12(15-19-2-1-3-20-15)14(17)13(6-9)21(22)23;1-10(2)11(3,4)16-12(15-10)8-5-9(13)7-14-6-8;12-7-5-8(9-3-1-2-4-14-9)11(13)10(6-7)15(16)17/h1-8H,17H2;5-7H,1-4H3;1-6H,13H2. The van der Waals surface area contributed by atoms with Crippen LogP contribution in [0.5, 0.6) is 0 Å². The number of nitrogens with zero attached hydrogens (tertiary/aromatic N) is 7. The minimum atomic E-state index is -0.599. The minimum absolute atomic E-state index is 0.0469. The van der Waals surface area contributed by atoms with Crippen LogP contribution in [0, 0.1) is 31.9 Å². The molecule has 19 heteroatoms. The molecular formula is C37H33BBrF2N9O6. The Hall–Kier alpha value is -6.31. The van der Waals surface area contributed by atoms with Crippen LogP contribution in [0.3, 0.4) is 0 Å². The molecule has 286 valence electrons. The summed E-state index contributed by atoms with van der Waals surface area (Å²) < 4.78 is 38.5. The van der Waals surface area contributed by atoms with E-state index in [1.165, 1.54) is 42.9 Å². The number of hydrogen-bond donors (Lipinski definition) is 2. The molecular weight excluding hydrogens is 795 g/mol. The van der Waals surface area contributed by atoms with Gasteiger partial charge < -0.3 is 20.8 Å². The van der Waals surface area contributed by atoms with Gasteiger partial charge in [0.25, 0.3) is 11.4 Å². The third kappa shape index (κ3) is 9.49. The Bertz CT molecular complexity index is 2370. The van der Waals surface area contributed by atoms with E-state index in [1.807, 2.05) is 27.7 Å². The van der Waals surface area contributed by atoms with E-state index >= 15 is 0 Å². The first-order valence-corrected chi connectivity index (χ1v) is 17.3. The SMILES string of the molecule is CC1(C)OB(c2cncc(F)c2)OC1(C)C.Nc1c(-c2ccccn2)cc(Br)cc1[N+](=O)[O-].Nc1c(-c2ncccn2)cc(-c2cncc(F)c2)cc1[N+](=O)[O-]. The molecule has 1 aliphatic rings. The van der Waals surface area contributed by atoms with Crippen molar-refractivity contribution in [1.82, 2.24) is 24.9 Å². The van der Waals surface area contributed by atoms with Crippen LogP contribution < -0.4 is 16.9 Å². The lowest BCUT2D eigenvalue weighted by Crippen LogP contribution is -2.41. The van der Waals surface area contributed by atoms with Crippen LogP contribution in [0.15, 0.2) is 109 Å². The highest BCUT2D eigenvalue weighted by molar-refractivity contribution is 9.10. The molecule has 0 atom stereocenters. The topological polar surface area (TPSA) is 221 Å². The number of nitro groups is 2. The zero-order valence-electron chi connectivity index (χ0n) is 30.3. The number of benzene rings is 2. The number of rotatable bonds is 6. The van der Waals surface area contributed by atoms with E-state index in [0.717, 1.165) is 12.4 Å². The highest BCUT2D eigenvalue weighted by Crippen LogP contribution is 2.38. The molecule has 0 spiro atoms. The summed E-state index contributed by atoms with van der Waals surface area (Å²) in [7, 11) is -0.548. The van der Waals surface area contributed by atoms with Gasteiger partial charge in [-0.15, -0.1) is 0 Å². The summed E-state index contributed by atoms with van der Waals surface area (Å²) in [5.41, 5.74) is 13.4. The number of nitrogens with two attached hydrogens (primary N) is 2. The van der Waals surface area contributed by atoms with Crippen molar-refractivity contribution in [2.24, 2.45) is 0 Å². The Labute approximate surface area is 327 Å². The van der Waals surface area contributed by atoms with Crippen molar-refractivity contribution in [3.63, 3.8) is 0 Å². The molecule has 0 aliphatic carbocycles. The van der Waals surface area contributed by atoms with Gasteiger partial charge in [0.15, 0.2) is 5.82 Å². The Morgan fingerprint density at radius 2 is 1.27 bits per heavy atom. The van der Waals surface area contributed by atoms with Crippen molar-refractivity contribution in [2.45, 2.75) is 38.9 Å². The summed E-state index contributed by atoms with van der Waals surface area (Å²) >= 11 is 3.22. The largest absolute Gasteiger partial charge is 0.496 e. The summed E-state index contributed by atoms with van der Waals surface area (Å²) in [6.07, 6.45) is 9.81. The predicted molar refractivity (Wildman–Crippen MR) is 210 cm³/mol. The number of pyridine rings is 3. The molecule has 4 N–H and O–H groups in total. The number of aromatic nitrogens is 5. The molecule has 0 amide bonds. The summed E-state index contributed by atoms with van der Waals surface area (Å²) in [6, 6.07) is 15.5. The van der Waals surface area contributed by atoms with Gasteiger partial charge in [0, 0.05) is 69.7 Å². The van der Waals surface area contributed by atoms with Crippen LogP contribution >= 0.6 is 15.9 Å². The van der Waals surface area contributed by atoms with Gasteiger partial charge in [0.2, 0.25) is 0 Å². The van der Waals surface area contributed by atoms with E-state index in [4.69, 9.17) is 20.8 Å². The van der Waals surface area contributed by atoms with Crippen molar-refractivity contribution in [1.29, 1.82) is 0 Å². The molecule has 0 radical (unpaired) electrons. The normalized spacial score (nSPS) is 13.8. The highest BCUT2D eigenvalue weighted by atomic mass is 79.9. The van der Waals surface area contributed by atoms with Crippen LogP contribution in [-0.4, -0.2) is 53.1 Å². The van der Waals surface area contributed by atoms with Crippen LogP contribution in [0.2, 0.25) is 0 Å². The monoisotopic (exact) mass is 827 g/mol. The third-order valence-corrected chi connectivity index (χ3v) is 9.17. The number of halogens is 3. The molecule has 5 heterocycles. The van der Waals surface area contributed by atoms with E-state index < -0.39 is 34.0 Å². The van der Waals surface area contributed by atoms with Gasteiger partial charge in [-0.3, -0.25) is 35.2 Å². The van der Waals surface area contributed by atoms with Gasteiger partial charge in [-0.05, 0) is 75.7 Å². The zero-order valence-corrected chi connectivity index (χ0v) is 31.8. The molecule has 0 bridgehead atoms. The van der Waals surface area contributed by atoms with Crippen molar-refractivity contribution in [3.8, 4) is 33.8 Å². The maximum absolute atomic E-state index is 13.4. The summed E-state index contributed by atoms with van der Waals surface area (Å²) in [6.45, 7) is 7.83. The molecule has 0 saturated carbocycles. The average Bonchev–Trinajstić information content (AvgIpc) is 3.39. The molecule has 6 aromatic rings. The first-order valence-electron chi connectivity index (χ1n) is 16.5. The summed E-state index contributed by atoms with van der Waals surface area (Å²) in [5.74, 6) is -0.675. The third-order valence-electron chi connectivity index (χ3n) is 8.71. The lowest BCUT2D eigenvalue weighted by molar-refractivity contribution is -0.384. The fourth-order valence-corrected chi connectivity index (χ4v) is 5.62. The molecule has 0 unspecified atom stereocenters. The summed E-state index contributed by atoms with van der Waals surface area (Å²) in [5, 5.41) is 22.1. The Kier molecular flexibility index (Phi) is 12.4. The second-order valence-corrected chi connectivity index (χ2v) is 14.0. The highest BCUT2D eigenvalue weighted by Gasteiger charge is 2.51. The van der Waals surface area contributed by atoms with Crippen LogP contribution in [-0.2, 0) is 9.31 Å². The number of anilines is 2. The first kappa shape index (κ1) is 40.9. The Morgan fingerprint density at radius 1 is 0.696 bits per heavy atom. The second kappa shape index (κ2) is 17.0. The van der Waals surface area contributed by atoms with Gasteiger partial charge in [0.1, 0.15) is 23.0 Å². The van der Waals surface area contributed by atoms with E-state index in [9.17, 15) is 29.0 Å². The Balaban J connectivity index is 0.000000164. The maximum Gasteiger partial charge on any atom is 0.496 e. The Morgan fingerprint density at radius 3 is 1.84 bits per heavy atom. The second-order valence-electron chi connectivity index (χ2n) is 13.1. The molecule has 15 nitrogen and oxygen atoms in total. The van der Waals surface area contributed by atoms with Crippen molar-refractivity contribution < 1.29 is 27.9 Å². The maximum atomic E-state index is 13.4. The van der Waals surface area contributed by atoms with E-state index in [1.54, 1.807) is 48.8 Å². The fraction of sp³-hybridized carbons (Fsp3) is 0.162. The quantitative estimate of drug-likeness (QED) is 0.0726. The van der Waals surface area contributed by atoms with Gasteiger partial charge in [-0.1, -0.05) is 22.0 Å². The number of nitrogen functional groups attached to an aromatic ring is 2. The van der Waals surface area contributed by atoms with Gasteiger partial charge in [-0.2, -0.15) is 0 Å². The minimum Gasteiger partial charge on any atom is -0.399 e. The van der Waals surface area contributed by atoms with Crippen molar-refractivity contribution >= 4 is 51.3 Å². The fourth-order valence-electron chi connectivity index (χ4n) is 5.17. The van der Waals surface area contributed by atoms with E-state index in [0.29, 0.717) is 37.9 Å². The lowest BCUT2D eigenvalue weighted by Gasteiger charge is -2.32. The molecule has 7 rings (SSSR count). The van der Waals surface area contributed by atoms with Crippen molar-refractivity contribution in [2.75, 3.05) is 11.5 Å². The first-order chi connectivity index (χ1) is 26.5. The molecule has 1 fully saturated rings. The molecule has 4 aromatic heterocycles. The number of nitro benzene ring substituents is 2. The van der Waals surface area contributed by atoms with Crippen LogP contribution in [0.4, 0.5) is 31.5 Å². The zero-order chi connectivity index (χ0) is 40.8. The average molecular weight is 828 g/mol. The van der Waals surface area contributed by atoms with Gasteiger partial charge in [-0.25, -0.2) is 18.7 Å². The van der Waals surface area contributed by atoms with Crippen molar-refractivity contribution in [3.05, 3.63) is 140 Å².